The topological polar surface area (TPSA) is 62.0 Å². The van der Waals surface area contributed by atoms with Crippen LogP contribution in [-0.4, -0.2) is 15.1 Å². The zero-order chi connectivity index (χ0) is 21.9. The molecule has 2 aromatic heterocycles. The minimum atomic E-state index is -4.38. The second kappa shape index (κ2) is 9.41. The molecule has 2 N–H and O–H groups in total. The lowest BCUT2D eigenvalue weighted by molar-refractivity contribution is -0.137. The number of phenols is 1. The van der Waals surface area contributed by atoms with Crippen molar-refractivity contribution in [3.8, 4) is 39.9 Å². The highest BCUT2D eigenvalue weighted by Gasteiger charge is 2.30. The molecule has 0 saturated carbocycles. The van der Waals surface area contributed by atoms with Crippen LogP contribution in [0.15, 0.2) is 65.1 Å². The van der Waals surface area contributed by atoms with Crippen LogP contribution < -0.4 is 0 Å². The maximum absolute atomic E-state index is 12.7. The van der Waals surface area contributed by atoms with Crippen molar-refractivity contribution in [2.24, 2.45) is 0 Å². The molecule has 4 aromatic rings. The lowest BCUT2D eigenvalue weighted by Gasteiger charge is -2.06. The number of aryl methyl sites for hydroxylation is 1. The molecular formula is C21H16F6N2O2. The Bertz CT molecular complexity index is 1130. The molecule has 0 aliphatic rings. The van der Waals surface area contributed by atoms with E-state index in [0.29, 0.717) is 39.9 Å². The summed E-state index contributed by atoms with van der Waals surface area (Å²) in [5.74, 6) is 1.50. The van der Waals surface area contributed by atoms with Gasteiger partial charge in [0.25, 0.3) is 0 Å². The van der Waals surface area contributed by atoms with Gasteiger partial charge in [-0.05, 0) is 43.3 Å². The Balaban J connectivity index is 0.00000111. The molecule has 0 spiro atoms. The van der Waals surface area contributed by atoms with E-state index in [-0.39, 0.29) is 10.5 Å². The van der Waals surface area contributed by atoms with Gasteiger partial charge in [-0.2, -0.15) is 13.2 Å². The average molecular weight is 442 g/mol. The summed E-state index contributed by atoms with van der Waals surface area (Å²) in [5, 5.41) is 9.96. The van der Waals surface area contributed by atoms with Gasteiger partial charge >= 0.3 is 6.18 Å². The number of hydrogen-bond donors (Lipinski definition) is 2. The number of alkyl halides is 3. The molecule has 164 valence electrons. The van der Waals surface area contributed by atoms with E-state index in [4.69, 9.17) is 13.6 Å². The quantitative estimate of drug-likeness (QED) is 0.335. The van der Waals surface area contributed by atoms with Gasteiger partial charge in [0.15, 0.2) is 11.6 Å². The van der Waals surface area contributed by atoms with Crippen molar-refractivity contribution < 1.29 is 36.5 Å². The molecule has 4 rings (SSSR count). The largest absolute Gasteiger partial charge is 0.507 e. The molecule has 0 atom stereocenters. The van der Waals surface area contributed by atoms with Gasteiger partial charge in [0.2, 0.25) is 0 Å². The fourth-order valence-electron chi connectivity index (χ4n) is 2.97. The van der Waals surface area contributed by atoms with E-state index in [0.717, 1.165) is 12.1 Å². The van der Waals surface area contributed by atoms with Crippen molar-refractivity contribution in [1.82, 2.24) is 9.97 Å². The van der Waals surface area contributed by atoms with Crippen molar-refractivity contribution in [1.29, 1.82) is 0 Å². The lowest BCUT2D eigenvalue weighted by Crippen LogP contribution is -2.04. The Hall–Kier alpha value is -3.69. The molecule has 4 nitrogen and oxygen atoms in total. The van der Waals surface area contributed by atoms with E-state index in [1.807, 2.05) is 0 Å². The first-order valence-corrected chi connectivity index (χ1v) is 8.60. The van der Waals surface area contributed by atoms with Crippen LogP contribution >= 0.6 is 0 Å². The number of aromatic amines is 1. The maximum atomic E-state index is 12.7. The van der Waals surface area contributed by atoms with E-state index >= 15 is 0 Å². The molecule has 0 fully saturated rings. The summed E-state index contributed by atoms with van der Waals surface area (Å²) in [4.78, 5) is 7.57. The first kappa shape index (κ1) is 23.6. The number of para-hydroxylation sites is 1. The Labute approximate surface area is 172 Å². The van der Waals surface area contributed by atoms with Gasteiger partial charge in [0, 0.05) is 20.4 Å². The Morgan fingerprint density at radius 2 is 1.52 bits per heavy atom. The third-order valence-corrected chi connectivity index (χ3v) is 4.38. The van der Waals surface area contributed by atoms with E-state index in [9.17, 15) is 18.3 Å². The SMILES string of the molecule is Cc1[nH]c(-c2ccc(-c3ccccc3O)o2)nc1-c1ccc(C(F)(F)F)cc1.F.FF. The molecule has 0 unspecified atom stereocenters. The van der Waals surface area contributed by atoms with Gasteiger partial charge < -0.3 is 14.5 Å². The van der Waals surface area contributed by atoms with Crippen LogP contribution in [0.25, 0.3) is 34.2 Å². The van der Waals surface area contributed by atoms with Gasteiger partial charge in [-0.1, -0.05) is 24.3 Å². The zero-order valence-corrected chi connectivity index (χ0v) is 15.9. The Kier molecular flexibility index (Phi) is 7.16. The fraction of sp³-hybridized carbons (Fsp3) is 0.0952. The van der Waals surface area contributed by atoms with Crippen molar-refractivity contribution in [2.75, 3.05) is 0 Å². The van der Waals surface area contributed by atoms with Gasteiger partial charge in [0.1, 0.15) is 11.5 Å². The molecule has 2 aromatic carbocycles. The van der Waals surface area contributed by atoms with Crippen LogP contribution in [0.2, 0.25) is 0 Å². The molecule has 0 amide bonds. The van der Waals surface area contributed by atoms with Crippen LogP contribution in [0.5, 0.6) is 5.75 Å². The number of benzene rings is 2. The average Bonchev–Trinajstić information content (AvgIpc) is 3.36. The highest BCUT2D eigenvalue weighted by atomic mass is 20.0. The number of hydrogen-bond acceptors (Lipinski definition) is 3. The van der Waals surface area contributed by atoms with Gasteiger partial charge in [0.05, 0.1) is 16.8 Å². The van der Waals surface area contributed by atoms with Crippen LogP contribution in [0, 0.1) is 6.92 Å². The second-order valence-corrected chi connectivity index (χ2v) is 6.32. The molecule has 0 aliphatic heterocycles. The summed E-state index contributed by atoms with van der Waals surface area (Å²) in [6.45, 7) is 1.79. The molecule has 0 radical (unpaired) electrons. The zero-order valence-electron chi connectivity index (χ0n) is 15.9. The van der Waals surface area contributed by atoms with Gasteiger partial charge in [-0.25, -0.2) is 4.98 Å². The van der Waals surface area contributed by atoms with E-state index < -0.39 is 11.7 Å². The fourth-order valence-corrected chi connectivity index (χ4v) is 2.97. The highest BCUT2D eigenvalue weighted by molar-refractivity contribution is 5.69. The summed E-state index contributed by atoms with van der Waals surface area (Å²) in [5.41, 5.74) is 1.67. The van der Waals surface area contributed by atoms with Crippen molar-refractivity contribution in [3.63, 3.8) is 0 Å². The van der Waals surface area contributed by atoms with Gasteiger partial charge in [-0.15, -0.1) is 0 Å². The molecule has 0 saturated heterocycles. The van der Waals surface area contributed by atoms with Crippen molar-refractivity contribution in [2.45, 2.75) is 13.1 Å². The van der Waals surface area contributed by atoms with Crippen molar-refractivity contribution >= 4 is 0 Å². The summed E-state index contributed by atoms with van der Waals surface area (Å²) >= 11 is 0. The molecule has 2 heterocycles. The second-order valence-electron chi connectivity index (χ2n) is 6.32. The first-order valence-electron chi connectivity index (χ1n) is 8.60. The number of aromatic hydroxyl groups is 1. The highest BCUT2D eigenvalue weighted by Crippen LogP contribution is 2.35. The number of imidazole rings is 1. The number of phenolic OH excluding ortho intramolecular Hbond substituents is 1. The summed E-state index contributed by atoms with van der Waals surface area (Å²) in [6.07, 6.45) is -4.38. The number of furan rings is 1. The van der Waals surface area contributed by atoms with Crippen LogP contribution in [0.3, 0.4) is 0 Å². The smallest absolute Gasteiger partial charge is 0.416 e. The predicted octanol–water partition coefficient (Wildman–Crippen LogP) is 7.03. The number of halogens is 6. The number of rotatable bonds is 3. The first-order chi connectivity index (χ1) is 14.3. The minimum absolute atomic E-state index is 0. The number of nitrogens with one attached hydrogen (secondary N) is 1. The molecular weight excluding hydrogens is 426 g/mol. The normalized spacial score (nSPS) is 10.8. The van der Waals surface area contributed by atoms with E-state index in [2.05, 4.69) is 9.97 Å². The summed E-state index contributed by atoms with van der Waals surface area (Å²) in [6, 6.07) is 15.1. The molecule has 10 heteroatoms. The monoisotopic (exact) mass is 442 g/mol. The van der Waals surface area contributed by atoms with Gasteiger partial charge in [-0.3, -0.25) is 4.70 Å². The Morgan fingerprint density at radius 1 is 0.903 bits per heavy atom. The third kappa shape index (κ3) is 4.90. The standard InChI is InChI=1S/C21H15F3N2O2.F2.FH/c1-12-19(13-6-8-14(9-7-13)21(22,23)24)26-20(25-12)18-11-10-17(28-18)15-4-2-3-5-16(15)27;1-2;/h2-11,27H,1H3,(H,25,26);;1H. The Morgan fingerprint density at radius 3 is 2.13 bits per heavy atom. The molecule has 31 heavy (non-hydrogen) atoms. The lowest BCUT2D eigenvalue weighted by atomic mass is 10.1. The summed E-state index contributed by atoms with van der Waals surface area (Å²) in [7, 11) is 0. The molecule has 0 aliphatic carbocycles. The van der Waals surface area contributed by atoms with Crippen LogP contribution in [-0.2, 0) is 6.18 Å². The number of aromatic nitrogens is 2. The minimum Gasteiger partial charge on any atom is -0.507 e. The van der Waals surface area contributed by atoms with Crippen LogP contribution in [0.4, 0.5) is 27.0 Å². The number of nitrogens with zero attached hydrogens (tertiary/aromatic N) is 1. The third-order valence-electron chi connectivity index (χ3n) is 4.38. The predicted molar refractivity (Wildman–Crippen MR) is 103 cm³/mol. The maximum Gasteiger partial charge on any atom is 0.416 e. The number of H-pyrrole nitrogens is 1. The van der Waals surface area contributed by atoms with Crippen LogP contribution in [0.1, 0.15) is 11.3 Å². The molecule has 0 bridgehead atoms. The summed E-state index contributed by atoms with van der Waals surface area (Å²) < 4.78 is 60.0. The van der Waals surface area contributed by atoms with Crippen molar-refractivity contribution in [3.05, 3.63) is 71.9 Å². The van der Waals surface area contributed by atoms with E-state index in [1.165, 1.54) is 12.1 Å². The van der Waals surface area contributed by atoms with E-state index in [1.54, 1.807) is 43.3 Å².